The van der Waals surface area contributed by atoms with Gasteiger partial charge in [-0.15, -0.1) is 0 Å². The van der Waals surface area contributed by atoms with E-state index in [1.165, 1.54) is 6.08 Å². The Morgan fingerprint density at radius 3 is 2.32 bits per heavy atom. The molecule has 0 spiro atoms. The van der Waals surface area contributed by atoms with Crippen LogP contribution in [0.5, 0.6) is 11.5 Å². The van der Waals surface area contributed by atoms with Crippen LogP contribution in [-0.2, 0) is 22.7 Å². The van der Waals surface area contributed by atoms with Crippen LogP contribution in [0, 0.1) is 0 Å². The molecule has 6 heteroatoms. The Bertz CT molecular complexity index is 1400. The maximum absolute atomic E-state index is 12.6. The fraction of sp³-hybridized carbons (Fsp3) is 0.0968. The van der Waals surface area contributed by atoms with Crippen molar-refractivity contribution in [1.29, 1.82) is 0 Å². The molecule has 0 atom stereocenters. The first kappa shape index (κ1) is 23.9. The van der Waals surface area contributed by atoms with Gasteiger partial charge in [0.2, 0.25) is 5.91 Å². The van der Waals surface area contributed by atoms with E-state index in [4.69, 9.17) is 9.47 Å². The van der Waals surface area contributed by atoms with Crippen LogP contribution < -0.4 is 19.7 Å². The second kappa shape index (κ2) is 11.3. The predicted octanol–water partition coefficient (Wildman–Crippen LogP) is 5.84. The van der Waals surface area contributed by atoms with E-state index in [-0.39, 0.29) is 18.4 Å². The van der Waals surface area contributed by atoms with E-state index in [2.05, 4.69) is 5.32 Å². The Morgan fingerprint density at radius 1 is 0.892 bits per heavy atom. The third-order valence-corrected chi connectivity index (χ3v) is 5.91. The summed E-state index contributed by atoms with van der Waals surface area (Å²) >= 11 is 0. The van der Waals surface area contributed by atoms with E-state index in [1.807, 2.05) is 84.9 Å². The maximum atomic E-state index is 12.6. The predicted molar refractivity (Wildman–Crippen MR) is 144 cm³/mol. The highest BCUT2D eigenvalue weighted by Gasteiger charge is 2.26. The summed E-state index contributed by atoms with van der Waals surface area (Å²) in [5.74, 6) is 0.966. The zero-order valence-electron chi connectivity index (χ0n) is 20.2. The molecule has 1 aliphatic heterocycles. The lowest BCUT2D eigenvalue weighted by atomic mass is 10.1. The molecule has 0 bridgehead atoms. The normalized spacial score (nSPS) is 12.6. The molecule has 5 rings (SSSR count). The third kappa shape index (κ3) is 6.24. The van der Waals surface area contributed by atoms with Crippen LogP contribution in [0.15, 0.2) is 109 Å². The summed E-state index contributed by atoms with van der Waals surface area (Å²) in [6, 6.07) is 32.6. The Kier molecular flexibility index (Phi) is 7.27. The van der Waals surface area contributed by atoms with Crippen LogP contribution in [0.3, 0.4) is 0 Å². The Labute approximate surface area is 215 Å². The Balaban J connectivity index is 1.21. The van der Waals surface area contributed by atoms with Crippen molar-refractivity contribution in [2.45, 2.75) is 13.2 Å². The molecule has 2 amide bonds. The highest BCUT2D eigenvalue weighted by molar-refractivity contribution is 6.03. The number of carbonyl (C=O) groups excluding carboxylic acids is 2. The number of nitrogens with zero attached hydrogens (tertiary/aromatic N) is 1. The molecular weight excluding hydrogens is 464 g/mol. The van der Waals surface area contributed by atoms with Gasteiger partial charge < -0.3 is 19.7 Å². The molecule has 0 fully saturated rings. The lowest BCUT2D eigenvalue weighted by Gasteiger charge is -2.30. The molecule has 1 aliphatic rings. The summed E-state index contributed by atoms with van der Waals surface area (Å²) in [5.41, 5.74) is 4.20. The number of nitrogens with one attached hydrogen (secondary N) is 1. The minimum atomic E-state index is -0.276. The van der Waals surface area contributed by atoms with Crippen LogP contribution in [0.4, 0.5) is 11.4 Å². The Hall–Kier alpha value is -4.84. The molecule has 0 aliphatic carbocycles. The molecule has 0 aromatic heterocycles. The number of anilines is 2. The highest BCUT2D eigenvalue weighted by atomic mass is 16.5. The first-order valence-electron chi connectivity index (χ1n) is 12.0. The van der Waals surface area contributed by atoms with Gasteiger partial charge in [-0.2, -0.15) is 0 Å². The highest BCUT2D eigenvalue weighted by Crippen LogP contribution is 2.35. The first-order valence-corrected chi connectivity index (χ1v) is 12.0. The van der Waals surface area contributed by atoms with E-state index in [1.54, 1.807) is 29.2 Å². The molecule has 1 N–H and O–H groups in total. The minimum Gasteiger partial charge on any atom is -0.489 e. The molecule has 0 saturated carbocycles. The van der Waals surface area contributed by atoms with Gasteiger partial charge in [0.15, 0.2) is 6.61 Å². The van der Waals surface area contributed by atoms with Crippen LogP contribution >= 0.6 is 0 Å². The summed E-state index contributed by atoms with van der Waals surface area (Å²) in [5, 5.41) is 2.87. The van der Waals surface area contributed by atoms with E-state index < -0.39 is 0 Å². The topological polar surface area (TPSA) is 67.9 Å². The fourth-order valence-corrected chi connectivity index (χ4v) is 3.99. The van der Waals surface area contributed by atoms with Gasteiger partial charge in [-0.1, -0.05) is 72.8 Å². The zero-order chi connectivity index (χ0) is 25.5. The molecule has 4 aromatic rings. The summed E-state index contributed by atoms with van der Waals surface area (Å²) < 4.78 is 11.4. The lowest BCUT2D eigenvalue weighted by molar-refractivity contribution is -0.121. The van der Waals surface area contributed by atoms with Crippen LogP contribution in [0.1, 0.15) is 16.7 Å². The van der Waals surface area contributed by atoms with Crippen molar-refractivity contribution in [3.05, 3.63) is 126 Å². The third-order valence-electron chi connectivity index (χ3n) is 5.91. The van der Waals surface area contributed by atoms with Crippen molar-refractivity contribution in [2.24, 2.45) is 0 Å². The van der Waals surface area contributed by atoms with E-state index in [9.17, 15) is 9.59 Å². The van der Waals surface area contributed by atoms with E-state index in [0.29, 0.717) is 30.3 Å². The SMILES string of the molecule is O=C(/C=C/c1ccc(OCc2ccccc2)cc1)Nc1ccc2c(c1)N(Cc1ccccc1)C(=O)CO2. The van der Waals surface area contributed by atoms with E-state index >= 15 is 0 Å². The molecule has 0 unspecified atom stereocenters. The van der Waals surface area contributed by atoms with Crippen LogP contribution in [-0.4, -0.2) is 18.4 Å². The quantitative estimate of drug-likeness (QED) is 0.315. The van der Waals surface area contributed by atoms with Crippen molar-refractivity contribution >= 4 is 29.3 Å². The molecule has 4 aromatic carbocycles. The van der Waals surface area contributed by atoms with Gasteiger partial charge in [-0.05, 0) is 53.1 Å². The van der Waals surface area contributed by atoms with E-state index in [0.717, 1.165) is 22.4 Å². The van der Waals surface area contributed by atoms with Crippen molar-refractivity contribution in [1.82, 2.24) is 0 Å². The molecule has 0 radical (unpaired) electrons. The molecule has 184 valence electrons. The van der Waals surface area contributed by atoms with Crippen molar-refractivity contribution in [3.8, 4) is 11.5 Å². The van der Waals surface area contributed by atoms with Crippen molar-refractivity contribution < 1.29 is 19.1 Å². The minimum absolute atomic E-state index is 0.00956. The van der Waals surface area contributed by atoms with Crippen molar-refractivity contribution in [2.75, 3.05) is 16.8 Å². The first-order chi connectivity index (χ1) is 18.1. The van der Waals surface area contributed by atoms with Crippen LogP contribution in [0.25, 0.3) is 6.08 Å². The summed E-state index contributed by atoms with van der Waals surface area (Å²) in [7, 11) is 0. The van der Waals surface area contributed by atoms with Gasteiger partial charge in [-0.3, -0.25) is 9.59 Å². The number of ether oxygens (including phenoxy) is 2. The van der Waals surface area contributed by atoms with Gasteiger partial charge in [0.05, 0.1) is 12.2 Å². The number of hydrogen-bond acceptors (Lipinski definition) is 4. The number of rotatable bonds is 8. The lowest BCUT2D eigenvalue weighted by Crippen LogP contribution is -2.38. The average Bonchev–Trinajstić information content (AvgIpc) is 2.94. The summed E-state index contributed by atoms with van der Waals surface area (Å²) in [4.78, 5) is 26.8. The van der Waals surface area contributed by atoms with Gasteiger partial charge in [0.25, 0.3) is 5.91 Å². The number of amides is 2. The van der Waals surface area contributed by atoms with Gasteiger partial charge in [0.1, 0.15) is 18.1 Å². The van der Waals surface area contributed by atoms with Crippen LogP contribution in [0.2, 0.25) is 0 Å². The smallest absolute Gasteiger partial charge is 0.265 e. The molecule has 1 heterocycles. The standard InChI is InChI=1S/C31H26N2O4/c34-30(18-13-23-11-15-27(16-12-23)36-21-25-9-5-2-6-10-25)32-26-14-17-29-28(19-26)33(31(35)22-37-29)20-24-7-3-1-4-8-24/h1-19H,20-22H2,(H,32,34)/b18-13+. The Morgan fingerprint density at radius 2 is 1.59 bits per heavy atom. The summed E-state index contributed by atoms with van der Waals surface area (Å²) in [6.07, 6.45) is 3.21. The number of benzene rings is 4. The molecule has 37 heavy (non-hydrogen) atoms. The maximum Gasteiger partial charge on any atom is 0.265 e. The molecular formula is C31H26N2O4. The van der Waals surface area contributed by atoms with Gasteiger partial charge in [0, 0.05) is 11.8 Å². The van der Waals surface area contributed by atoms with Crippen molar-refractivity contribution in [3.63, 3.8) is 0 Å². The summed E-state index contributed by atoms with van der Waals surface area (Å²) in [6.45, 7) is 0.918. The zero-order valence-corrected chi connectivity index (χ0v) is 20.2. The second-order valence-corrected chi connectivity index (χ2v) is 8.60. The monoisotopic (exact) mass is 490 g/mol. The second-order valence-electron chi connectivity index (χ2n) is 8.60. The number of carbonyl (C=O) groups is 2. The average molecular weight is 491 g/mol. The largest absolute Gasteiger partial charge is 0.489 e. The van der Waals surface area contributed by atoms with Gasteiger partial charge >= 0.3 is 0 Å². The number of hydrogen-bond donors (Lipinski definition) is 1. The molecule has 0 saturated heterocycles. The fourth-order valence-electron chi connectivity index (χ4n) is 3.99. The number of fused-ring (bicyclic) bond motifs is 1. The molecule has 6 nitrogen and oxygen atoms in total. The van der Waals surface area contributed by atoms with Gasteiger partial charge in [-0.25, -0.2) is 0 Å².